The molecule has 0 spiro atoms. The summed E-state index contributed by atoms with van der Waals surface area (Å²) in [7, 11) is 0. The second kappa shape index (κ2) is 5.87. The first-order valence-corrected chi connectivity index (χ1v) is 6.50. The Hall–Kier alpha value is -1.55. The summed E-state index contributed by atoms with van der Waals surface area (Å²) in [6.45, 7) is 3.06. The number of benzene rings is 1. The van der Waals surface area contributed by atoms with Crippen molar-refractivity contribution in [2.75, 3.05) is 6.54 Å². The zero-order chi connectivity index (χ0) is 13.0. The average Bonchev–Trinajstić information content (AvgIpc) is 2.40. The van der Waals surface area contributed by atoms with Crippen LogP contribution in [0.3, 0.4) is 0 Å². The lowest BCUT2D eigenvalue weighted by atomic mass is 9.99. The van der Waals surface area contributed by atoms with Crippen molar-refractivity contribution in [3.05, 3.63) is 29.8 Å². The number of carbonyl (C=O) groups excluding carboxylic acids is 1. The molecule has 1 aliphatic rings. The Morgan fingerprint density at radius 2 is 2.11 bits per heavy atom. The molecule has 1 fully saturated rings. The van der Waals surface area contributed by atoms with Gasteiger partial charge in [-0.05, 0) is 50.6 Å². The number of piperidine rings is 1. The van der Waals surface area contributed by atoms with Crippen LogP contribution in [0.1, 0.15) is 36.5 Å². The predicted octanol–water partition coefficient (Wildman–Crippen LogP) is 1.65. The van der Waals surface area contributed by atoms with Crippen molar-refractivity contribution in [1.29, 1.82) is 0 Å². The van der Waals surface area contributed by atoms with E-state index < -0.39 is 0 Å². The second-order valence-electron chi connectivity index (χ2n) is 4.87. The largest absolute Gasteiger partial charge is 0.508 e. The summed E-state index contributed by atoms with van der Waals surface area (Å²) in [5.41, 5.74) is 0.579. The summed E-state index contributed by atoms with van der Waals surface area (Å²) in [4.78, 5) is 12.0. The molecule has 0 aliphatic carbocycles. The molecule has 2 atom stereocenters. The third-order valence-electron chi connectivity index (χ3n) is 3.44. The molecule has 4 heteroatoms. The third-order valence-corrected chi connectivity index (χ3v) is 3.44. The molecule has 1 saturated heterocycles. The number of hydrogen-bond acceptors (Lipinski definition) is 3. The lowest BCUT2D eigenvalue weighted by molar-refractivity contribution is 0.0928. The first-order valence-electron chi connectivity index (χ1n) is 6.50. The topological polar surface area (TPSA) is 61.4 Å². The van der Waals surface area contributed by atoms with Crippen LogP contribution in [0.25, 0.3) is 0 Å². The van der Waals surface area contributed by atoms with Gasteiger partial charge >= 0.3 is 0 Å². The fourth-order valence-electron chi connectivity index (χ4n) is 2.31. The molecule has 2 rings (SSSR count). The van der Waals surface area contributed by atoms with Crippen LogP contribution in [0.5, 0.6) is 5.75 Å². The maximum Gasteiger partial charge on any atom is 0.251 e. The zero-order valence-corrected chi connectivity index (χ0v) is 10.6. The number of hydrogen-bond donors (Lipinski definition) is 3. The number of carbonyl (C=O) groups is 1. The number of aromatic hydroxyl groups is 1. The number of phenolic OH excluding ortho intramolecular Hbond substituents is 1. The summed E-state index contributed by atoms with van der Waals surface area (Å²) < 4.78 is 0. The van der Waals surface area contributed by atoms with Gasteiger partial charge in [0.25, 0.3) is 5.91 Å². The normalized spacial score (nSPS) is 21.3. The third kappa shape index (κ3) is 3.23. The maximum absolute atomic E-state index is 12.0. The first kappa shape index (κ1) is 12.9. The summed E-state index contributed by atoms with van der Waals surface area (Å²) in [6, 6.07) is 6.79. The highest BCUT2D eigenvalue weighted by Crippen LogP contribution is 2.12. The van der Waals surface area contributed by atoms with E-state index >= 15 is 0 Å². The van der Waals surface area contributed by atoms with Gasteiger partial charge in [0.15, 0.2) is 0 Å². The van der Waals surface area contributed by atoms with Gasteiger partial charge in [-0.25, -0.2) is 0 Å². The Labute approximate surface area is 107 Å². The van der Waals surface area contributed by atoms with Gasteiger partial charge < -0.3 is 15.7 Å². The van der Waals surface area contributed by atoms with Crippen LogP contribution in [0.2, 0.25) is 0 Å². The van der Waals surface area contributed by atoms with Crippen LogP contribution in [0.15, 0.2) is 24.3 Å². The van der Waals surface area contributed by atoms with Crippen molar-refractivity contribution in [2.24, 2.45) is 0 Å². The molecule has 1 aromatic carbocycles. The molecular formula is C14H20N2O2. The number of rotatable bonds is 3. The Morgan fingerprint density at radius 3 is 2.72 bits per heavy atom. The fourth-order valence-corrected chi connectivity index (χ4v) is 2.31. The molecule has 1 aliphatic heterocycles. The molecule has 3 N–H and O–H groups in total. The number of amides is 1. The minimum Gasteiger partial charge on any atom is -0.508 e. The van der Waals surface area contributed by atoms with Crippen molar-refractivity contribution < 1.29 is 9.90 Å². The SMILES string of the molecule is CC(NC(=O)c1ccc(O)cc1)C1CCCCN1. The van der Waals surface area contributed by atoms with Gasteiger partial charge in [0.05, 0.1) is 0 Å². The van der Waals surface area contributed by atoms with Gasteiger partial charge in [-0.2, -0.15) is 0 Å². The van der Waals surface area contributed by atoms with E-state index in [0.29, 0.717) is 11.6 Å². The predicted molar refractivity (Wildman–Crippen MR) is 70.7 cm³/mol. The molecule has 0 radical (unpaired) electrons. The van der Waals surface area contributed by atoms with E-state index in [1.54, 1.807) is 12.1 Å². The monoisotopic (exact) mass is 248 g/mol. The molecule has 2 unspecified atom stereocenters. The molecule has 98 valence electrons. The Morgan fingerprint density at radius 1 is 1.39 bits per heavy atom. The van der Waals surface area contributed by atoms with Gasteiger partial charge in [0.2, 0.25) is 0 Å². The quantitative estimate of drug-likeness (QED) is 0.762. The van der Waals surface area contributed by atoms with E-state index in [2.05, 4.69) is 10.6 Å². The highest BCUT2D eigenvalue weighted by Gasteiger charge is 2.21. The van der Waals surface area contributed by atoms with E-state index in [1.165, 1.54) is 25.0 Å². The highest BCUT2D eigenvalue weighted by molar-refractivity contribution is 5.94. The Balaban J connectivity index is 1.91. The standard InChI is InChI=1S/C14H20N2O2/c1-10(13-4-2-3-9-15-13)16-14(18)11-5-7-12(17)8-6-11/h5-8,10,13,15,17H,2-4,9H2,1H3,(H,16,18). The minimum absolute atomic E-state index is 0.0881. The lowest BCUT2D eigenvalue weighted by Crippen LogP contribution is -2.50. The Kier molecular flexibility index (Phi) is 4.20. The number of nitrogens with one attached hydrogen (secondary N) is 2. The number of phenols is 1. The summed E-state index contributed by atoms with van der Waals surface area (Å²) in [5.74, 6) is 0.0865. The van der Waals surface area contributed by atoms with Crippen LogP contribution in [-0.2, 0) is 0 Å². The zero-order valence-electron chi connectivity index (χ0n) is 10.6. The summed E-state index contributed by atoms with van der Waals surface area (Å²) in [6.07, 6.45) is 3.54. The van der Waals surface area contributed by atoms with Crippen LogP contribution < -0.4 is 10.6 Å². The maximum atomic E-state index is 12.0. The summed E-state index contributed by atoms with van der Waals surface area (Å²) >= 11 is 0. The van der Waals surface area contributed by atoms with Gasteiger partial charge in [-0.3, -0.25) is 4.79 Å². The van der Waals surface area contributed by atoms with E-state index in [9.17, 15) is 9.90 Å². The molecule has 0 saturated carbocycles. The molecule has 1 heterocycles. The van der Waals surface area contributed by atoms with E-state index in [4.69, 9.17) is 0 Å². The van der Waals surface area contributed by atoms with Crippen LogP contribution in [-0.4, -0.2) is 29.6 Å². The fraction of sp³-hybridized carbons (Fsp3) is 0.500. The second-order valence-corrected chi connectivity index (χ2v) is 4.87. The van der Waals surface area contributed by atoms with E-state index in [-0.39, 0.29) is 17.7 Å². The molecule has 4 nitrogen and oxygen atoms in total. The summed E-state index contributed by atoms with van der Waals surface area (Å²) in [5, 5.41) is 15.6. The van der Waals surface area contributed by atoms with Gasteiger partial charge in [0, 0.05) is 17.6 Å². The van der Waals surface area contributed by atoms with E-state index in [1.807, 2.05) is 6.92 Å². The van der Waals surface area contributed by atoms with Crippen molar-refractivity contribution in [3.8, 4) is 5.75 Å². The van der Waals surface area contributed by atoms with Gasteiger partial charge in [0.1, 0.15) is 5.75 Å². The van der Waals surface area contributed by atoms with Crippen molar-refractivity contribution in [3.63, 3.8) is 0 Å². The van der Waals surface area contributed by atoms with Crippen LogP contribution in [0.4, 0.5) is 0 Å². The average molecular weight is 248 g/mol. The smallest absolute Gasteiger partial charge is 0.251 e. The molecule has 0 aromatic heterocycles. The van der Waals surface area contributed by atoms with E-state index in [0.717, 1.165) is 13.0 Å². The van der Waals surface area contributed by atoms with Crippen molar-refractivity contribution >= 4 is 5.91 Å². The molecule has 1 aromatic rings. The van der Waals surface area contributed by atoms with Crippen LogP contribution >= 0.6 is 0 Å². The highest BCUT2D eigenvalue weighted by atomic mass is 16.3. The Bertz CT molecular complexity index is 397. The molecular weight excluding hydrogens is 228 g/mol. The van der Waals surface area contributed by atoms with Crippen molar-refractivity contribution in [1.82, 2.24) is 10.6 Å². The minimum atomic E-state index is -0.0881. The molecule has 0 bridgehead atoms. The first-order chi connectivity index (χ1) is 8.66. The van der Waals surface area contributed by atoms with Gasteiger partial charge in [-0.1, -0.05) is 6.42 Å². The van der Waals surface area contributed by atoms with Gasteiger partial charge in [-0.15, -0.1) is 0 Å². The van der Waals surface area contributed by atoms with Crippen molar-refractivity contribution in [2.45, 2.75) is 38.3 Å². The molecule has 18 heavy (non-hydrogen) atoms. The van der Waals surface area contributed by atoms with Crippen LogP contribution in [0, 0.1) is 0 Å². The molecule has 1 amide bonds. The lowest BCUT2D eigenvalue weighted by Gasteiger charge is -2.29.